The summed E-state index contributed by atoms with van der Waals surface area (Å²) < 4.78 is 11.5. The standard InChI is InChI=1S/C23H19N5O4/c1-12-15(8-9-19(29)24-23-25-27-28-26-23)22(30)32-21-13(2)20-17(10-16(12)21)18(11-31-20)14-6-4-3-5-7-14/h3-7,10-11H,8-9H2,1-2H3,(H2,24,25,26,27,28,29). The molecule has 2 aromatic carbocycles. The van der Waals surface area contributed by atoms with Gasteiger partial charge in [0, 0.05) is 33.9 Å². The molecular formula is C23H19N5O4. The maximum atomic E-state index is 12.7. The molecule has 0 aliphatic rings. The number of amides is 1. The average Bonchev–Trinajstić information content (AvgIpc) is 3.45. The quantitative estimate of drug-likeness (QED) is 0.406. The number of hydrogen-bond acceptors (Lipinski definition) is 7. The van der Waals surface area contributed by atoms with Gasteiger partial charge < -0.3 is 8.83 Å². The molecule has 0 aliphatic heterocycles. The third kappa shape index (κ3) is 3.33. The van der Waals surface area contributed by atoms with E-state index < -0.39 is 5.63 Å². The fourth-order valence-electron chi connectivity index (χ4n) is 3.97. The highest BCUT2D eigenvalue weighted by molar-refractivity contribution is 6.05. The minimum absolute atomic E-state index is 0.0772. The highest BCUT2D eigenvalue weighted by Crippen LogP contribution is 2.37. The molecule has 0 bridgehead atoms. The van der Waals surface area contributed by atoms with Gasteiger partial charge in [0.05, 0.1) is 6.26 Å². The van der Waals surface area contributed by atoms with Gasteiger partial charge in [0.25, 0.3) is 5.95 Å². The maximum Gasteiger partial charge on any atom is 0.339 e. The summed E-state index contributed by atoms with van der Waals surface area (Å²) in [6.07, 6.45) is 2.03. The molecule has 0 fully saturated rings. The van der Waals surface area contributed by atoms with Crippen LogP contribution in [0.4, 0.5) is 5.95 Å². The number of benzene rings is 2. The number of furan rings is 1. The van der Waals surface area contributed by atoms with Gasteiger partial charge in [0.1, 0.15) is 11.2 Å². The van der Waals surface area contributed by atoms with Gasteiger partial charge in [-0.3, -0.25) is 10.1 Å². The Bertz CT molecular complexity index is 1500. The van der Waals surface area contributed by atoms with Crippen LogP contribution in [-0.4, -0.2) is 26.5 Å². The van der Waals surface area contributed by atoms with Gasteiger partial charge in [0.2, 0.25) is 5.91 Å². The fraction of sp³-hybridized carbons (Fsp3) is 0.174. The molecule has 5 rings (SSSR count). The monoisotopic (exact) mass is 429 g/mol. The third-order valence-electron chi connectivity index (χ3n) is 5.63. The molecule has 0 unspecified atom stereocenters. The van der Waals surface area contributed by atoms with Crippen molar-refractivity contribution in [2.45, 2.75) is 26.7 Å². The Morgan fingerprint density at radius 3 is 2.66 bits per heavy atom. The first kappa shape index (κ1) is 19.7. The van der Waals surface area contributed by atoms with Gasteiger partial charge in [-0.2, -0.15) is 5.21 Å². The van der Waals surface area contributed by atoms with Crippen molar-refractivity contribution in [2.24, 2.45) is 0 Å². The number of fused-ring (bicyclic) bond motifs is 2. The number of H-pyrrole nitrogens is 1. The zero-order valence-corrected chi connectivity index (χ0v) is 17.4. The fourth-order valence-corrected chi connectivity index (χ4v) is 3.97. The number of hydrogen-bond donors (Lipinski definition) is 2. The van der Waals surface area contributed by atoms with Crippen molar-refractivity contribution in [3.63, 3.8) is 0 Å². The first-order valence-corrected chi connectivity index (χ1v) is 10.1. The SMILES string of the molecule is Cc1c(CCC(=O)Nc2nn[nH]n2)c(=O)oc2c(C)c3occ(-c4ccccc4)c3cc12. The van der Waals surface area contributed by atoms with Crippen molar-refractivity contribution in [3.8, 4) is 11.1 Å². The Labute approximate surface area is 181 Å². The number of rotatable bonds is 5. The van der Waals surface area contributed by atoms with Crippen molar-refractivity contribution >= 4 is 33.8 Å². The zero-order chi connectivity index (χ0) is 22.2. The number of carbonyl (C=O) groups excluding carboxylic acids is 1. The molecule has 32 heavy (non-hydrogen) atoms. The van der Waals surface area contributed by atoms with Crippen LogP contribution in [0.15, 0.2) is 56.3 Å². The largest absolute Gasteiger partial charge is 0.463 e. The maximum absolute atomic E-state index is 12.7. The third-order valence-corrected chi connectivity index (χ3v) is 5.63. The Morgan fingerprint density at radius 2 is 1.91 bits per heavy atom. The number of carbonyl (C=O) groups is 1. The van der Waals surface area contributed by atoms with E-state index in [0.717, 1.165) is 33.0 Å². The van der Waals surface area contributed by atoms with E-state index in [1.54, 1.807) is 6.26 Å². The lowest BCUT2D eigenvalue weighted by molar-refractivity contribution is -0.116. The van der Waals surface area contributed by atoms with Gasteiger partial charge >= 0.3 is 5.63 Å². The van der Waals surface area contributed by atoms with Crippen molar-refractivity contribution in [1.29, 1.82) is 0 Å². The van der Waals surface area contributed by atoms with Crippen LogP contribution >= 0.6 is 0 Å². The van der Waals surface area contributed by atoms with Crippen molar-refractivity contribution < 1.29 is 13.6 Å². The number of nitrogens with one attached hydrogen (secondary N) is 2. The summed E-state index contributed by atoms with van der Waals surface area (Å²) in [7, 11) is 0. The predicted molar refractivity (Wildman–Crippen MR) is 118 cm³/mol. The molecule has 5 aromatic rings. The van der Waals surface area contributed by atoms with Gasteiger partial charge in [-0.1, -0.05) is 35.4 Å². The molecule has 0 aliphatic carbocycles. The molecule has 0 atom stereocenters. The molecule has 0 radical (unpaired) electrons. The number of anilines is 1. The smallest absolute Gasteiger partial charge is 0.339 e. The molecule has 1 amide bonds. The van der Waals surface area contributed by atoms with Crippen molar-refractivity contribution in [3.05, 3.63) is 69.8 Å². The molecule has 9 heteroatoms. The van der Waals surface area contributed by atoms with E-state index >= 15 is 0 Å². The summed E-state index contributed by atoms with van der Waals surface area (Å²) in [5.74, 6) is -0.234. The van der Waals surface area contributed by atoms with Crippen LogP contribution in [0.3, 0.4) is 0 Å². The minimum Gasteiger partial charge on any atom is -0.463 e. The van der Waals surface area contributed by atoms with Crippen LogP contribution in [0.2, 0.25) is 0 Å². The van der Waals surface area contributed by atoms with Gasteiger partial charge in [-0.15, -0.1) is 5.10 Å². The molecular weight excluding hydrogens is 410 g/mol. The molecule has 160 valence electrons. The topological polar surface area (TPSA) is 127 Å². The van der Waals surface area contributed by atoms with Gasteiger partial charge in [-0.05, 0) is 42.7 Å². The van der Waals surface area contributed by atoms with Crippen LogP contribution in [0.5, 0.6) is 0 Å². The first-order valence-electron chi connectivity index (χ1n) is 10.1. The Hall–Kier alpha value is -4.27. The lowest BCUT2D eigenvalue weighted by Crippen LogP contribution is -2.17. The molecule has 9 nitrogen and oxygen atoms in total. The molecule has 0 saturated heterocycles. The zero-order valence-electron chi connectivity index (χ0n) is 17.4. The van der Waals surface area contributed by atoms with Crippen molar-refractivity contribution in [1.82, 2.24) is 20.6 Å². The lowest BCUT2D eigenvalue weighted by Gasteiger charge is -2.10. The highest BCUT2D eigenvalue weighted by atomic mass is 16.4. The lowest BCUT2D eigenvalue weighted by atomic mass is 9.97. The second kappa shape index (κ2) is 7.77. The van der Waals surface area contributed by atoms with E-state index in [0.29, 0.717) is 16.7 Å². The number of aromatic nitrogens is 4. The summed E-state index contributed by atoms with van der Waals surface area (Å²) in [4.78, 5) is 24.9. The van der Waals surface area contributed by atoms with Crippen LogP contribution in [0.1, 0.15) is 23.1 Å². The van der Waals surface area contributed by atoms with E-state index in [9.17, 15) is 9.59 Å². The Morgan fingerprint density at radius 1 is 1.09 bits per heavy atom. The highest BCUT2D eigenvalue weighted by Gasteiger charge is 2.19. The number of aryl methyl sites for hydroxylation is 2. The van der Waals surface area contributed by atoms with Gasteiger partial charge in [-0.25, -0.2) is 4.79 Å². The van der Waals surface area contributed by atoms with E-state index in [2.05, 4.69) is 25.9 Å². The average molecular weight is 429 g/mol. The first-order chi connectivity index (χ1) is 15.5. The summed E-state index contributed by atoms with van der Waals surface area (Å²) in [6, 6.07) is 12.0. The summed E-state index contributed by atoms with van der Waals surface area (Å²) in [5.41, 5.74) is 4.75. The summed E-state index contributed by atoms with van der Waals surface area (Å²) in [6.45, 7) is 3.75. The second-order valence-electron chi connectivity index (χ2n) is 7.55. The number of tetrazole rings is 1. The summed E-state index contributed by atoms with van der Waals surface area (Å²) >= 11 is 0. The molecule has 0 saturated carbocycles. The van der Waals surface area contributed by atoms with Crippen LogP contribution < -0.4 is 10.9 Å². The van der Waals surface area contributed by atoms with Crippen LogP contribution in [0.25, 0.3) is 33.1 Å². The van der Waals surface area contributed by atoms with Crippen LogP contribution in [-0.2, 0) is 11.2 Å². The number of nitrogens with zero attached hydrogens (tertiary/aromatic N) is 3. The second-order valence-corrected chi connectivity index (χ2v) is 7.55. The van der Waals surface area contributed by atoms with E-state index in [4.69, 9.17) is 8.83 Å². The molecule has 0 spiro atoms. The van der Waals surface area contributed by atoms with Crippen LogP contribution in [0, 0.1) is 13.8 Å². The predicted octanol–water partition coefficient (Wildman–Crippen LogP) is 3.91. The molecule has 3 aromatic heterocycles. The Balaban J connectivity index is 1.56. The van der Waals surface area contributed by atoms with Gasteiger partial charge in [0.15, 0.2) is 0 Å². The van der Waals surface area contributed by atoms with Crippen molar-refractivity contribution in [2.75, 3.05) is 5.32 Å². The van der Waals surface area contributed by atoms with E-state index in [1.807, 2.05) is 50.2 Å². The molecule has 2 N–H and O–H groups in total. The van der Waals surface area contributed by atoms with E-state index in [-0.39, 0.29) is 24.7 Å². The van der Waals surface area contributed by atoms with E-state index in [1.165, 1.54) is 0 Å². The normalized spacial score (nSPS) is 11.3. The number of aromatic amines is 1. The molecule has 3 heterocycles. The Kier molecular flexibility index (Phi) is 4.78. The minimum atomic E-state index is -0.459. The summed E-state index contributed by atoms with van der Waals surface area (Å²) in [5, 5.41) is 17.3.